The Kier molecular flexibility index (Phi) is 4.31. The van der Waals surface area contributed by atoms with Gasteiger partial charge in [0.25, 0.3) is 5.88 Å². The zero-order valence-electron chi connectivity index (χ0n) is 10.6. The van der Waals surface area contributed by atoms with Crippen LogP contribution in [0.3, 0.4) is 0 Å². The largest absolute Gasteiger partial charge is 0.475 e. The van der Waals surface area contributed by atoms with Crippen LogP contribution in [-0.4, -0.2) is 11.6 Å². The Hall–Kier alpha value is -1.42. The molecule has 0 aromatic carbocycles. The summed E-state index contributed by atoms with van der Waals surface area (Å²) in [5.41, 5.74) is 5.89. The molecule has 0 saturated heterocycles. The maximum Gasteiger partial charge on any atom is 0.250 e. The first-order chi connectivity index (χ1) is 8.72. The Bertz CT molecular complexity index is 434. The van der Waals surface area contributed by atoms with Crippen LogP contribution in [0.2, 0.25) is 0 Å². The first kappa shape index (κ1) is 13.0. The molecular weight excluding hydrogens is 231 g/mol. The smallest absolute Gasteiger partial charge is 0.250 e. The molecule has 18 heavy (non-hydrogen) atoms. The van der Waals surface area contributed by atoms with E-state index in [2.05, 4.69) is 24.1 Å². The van der Waals surface area contributed by atoms with Gasteiger partial charge in [-0.1, -0.05) is 19.1 Å². The van der Waals surface area contributed by atoms with Crippen LogP contribution in [0, 0.1) is 17.7 Å². The van der Waals surface area contributed by atoms with E-state index >= 15 is 0 Å². The molecule has 2 atom stereocenters. The van der Waals surface area contributed by atoms with Crippen molar-refractivity contribution in [3.05, 3.63) is 35.8 Å². The van der Waals surface area contributed by atoms with E-state index in [1.54, 1.807) is 6.07 Å². The Balaban J connectivity index is 2.00. The Morgan fingerprint density at radius 2 is 2.22 bits per heavy atom. The van der Waals surface area contributed by atoms with Gasteiger partial charge in [0.05, 0.1) is 6.61 Å². The first-order valence-corrected chi connectivity index (χ1v) is 6.33. The van der Waals surface area contributed by atoms with Crippen LogP contribution < -0.4 is 10.5 Å². The molecule has 0 amide bonds. The fourth-order valence-electron chi connectivity index (χ4n) is 2.15. The normalized spacial score (nSPS) is 23.1. The molecule has 1 heterocycles. The SMILES string of the molecule is CC1CC=CCC1COc1nccc(CN)c1F. The number of hydrogen-bond acceptors (Lipinski definition) is 3. The molecule has 1 aliphatic carbocycles. The van der Waals surface area contributed by atoms with Gasteiger partial charge in [0.1, 0.15) is 0 Å². The minimum Gasteiger partial charge on any atom is -0.475 e. The third-order valence-electron chi connectivity index (χ3n) is 3.51. The van der Waals surface area contributed by atoms with Crippen LogP contribution in [0.25, 0.3) is 0 Å². The maximum absolute atomic E-state index is 13.8. The number of nitrogens with two attached hydrogens (primary N) is 1. The van der Waals surface area contributed by atoms with Gasteiger partial charge in [-0.25, -0.2) is 9.37 Å². The zero-order valence-corrected chi connectivity index (χ0v) is 10.6. The van der Waals surface area contributed by atoms with Gasteiger partial charge < -0.3 is 10.5 Å². The van der Waals surface area contributed by atoms with Gasteiger partial charge in [-0.2, -0.15) is 0 Å². The zero-order chi connectivity index (χ0) is 13.0. The molecule has 1 aromatic rings. The molecule has 2 rings (SSSR count). The van der Waals surface area contributed by atoms with Crippen molar-refractivity contribution in [2.45, 2.75) is 26.3 Å². The summed E-state index contributed by atoms with van der Waals surface area (Å²) in [5.74, 6) is 0.632. The van der Waals surface area contributed by atoms with Crippen molar-refractivity contribution < 1.29 is 9.13 Å². The molecule has 1 aromatic heterocycles. The van der Waals surface area contributed by atoms with Crippen LogP contribution in [0.1, 0.15) is 25.3 Å². The second kappa shape index (κ2) is 5.96. The maximum atomic E-state index is 13.8. The predicted molar refractivity (Wildman–Crippen MR) is 68.6 cm³/mol. The minimum atomic E-state index is -0.431. The van der Waals surface area contributed by atoms with Gasteiger partial charge in [-0.05, 0) is 30.7 Å². The average Bonchev–Trinajstić information content (AvgIpc) is 2.39. The molecule has 2 N–H and O–H groups in total. The average molecular weight is 250 g/mol. The van der Waals surface area contributed by atoms with Crippen molar-refractivity contribution in [3.8, 4) is 5.88 Å². The van der Waals surface area contributed by atoms with Crippen molar-refractivity contribution in [1.29, 1.82) is 0 Å². The highest BCUT2D eigenvalue weighted by Gasteiger charge is 2.20. The van der Waals surface area contributed by atoms with Gasteiger partial charge in [0, 0.05) is 18.3 Å². The van der Waals surface area contributed by atoms with E-state index in [1.165, 1.54) is 6.20 Å². The van der Waals surface area contributed by atoms with E-state index in [9.17, 15) is 4.39 Å². The third-order valence-corrected chi connectivity index (χ3v) is 3.51. The van der Waals surface area contributed by atoms with Crippen LogP contribution in [0.15, 0.2) is 24.4 Å². The molecule has 0 bridgehead atoms. The Labute approximate surface area is 107 Å². The highest BCUT2D eigenvalue weighted by Crippen LogP contribution is 2.26. The molecule has 0 aliphatic heterocycles. The fourth-order valence-corrected chi connectivity index (χ4v) is 2.15. The summed E-state index contributed by atoms with van der Waals surface area (Å²) in [6.45, 7) is 2.86. The summed E-state index contributed by atoms with van der Waals surface area (Å²) in [7, 11) is 0. The molecular formula is C14H19FN2O. The van der Waals surface area contributed by atoms with Gasteiger partial charge in [0.15, 0.2) is 5.82 Å². The Morgan fingerprint density at radius 1 is 1.44 bits per heavy atom. The highest BCUT2D eigenvalue weighted by molar-refractivity contribution is 5.23. The molecule has 0 saturated carbocycles. The molecule has 2 unspecified atom stereocenters. The number of ether oxygens (including phenoxy) is 1. The van der Waals surface area contributed by atoms with Crippen LogP contribution >= 0.6 is 0 Å². The van der Waals surface area contributed by atoms with E-state index in [-0.39, 0.29) is 12.4 Å². The quantitative estimate of drug-likeness (QED) is 0.836. The summed E-state index contributed by atoms with van der Waals surface area (Å²) in [5, 5.41) is 0. The number of hydrogen-bond donors (Lipinski definition) is 1. The molecule has 1 aliphatic rings. The van der Waals surface area contributed by atoms with Crippen molar-refractivity contribution in [2.24, 2.45) is 17.6 Å². The monoisotopic (exact) mass is 250 g/mol. The molecule has 98 valence electrons. The summed E-state index contributed by atoms with van der Waals surface area (Å²) in [6.07, 6.45) is 7.93. The summed E-state index contributed by atoms with van der Waals surface area (Å²) in [4.78, 5) is 3.93. The number of rotatable bonds is 4. The lowest BCUT2D eigenvalue weighted by Crippen LogP contribution is -2.21. The topological polar surface area (TPSA) is 48.1 Å². The van der Waals surface area contributed by atoms with Gasteiger partial charge in [-0.3, -0.25) is 0 Å². The van der Waals surface area contributed by atoms with E-state index in [0.29, 0.717) is 24.0 Å². The number of pyridine rings is 1. The summed E-state index contributed by atoms with van der Waals surface area (Å²) in [6, 6.07) is 1.58. The minimum absolute atomic E-state index is 0.0692. The van der Waals surface area contributed by atoms with Crippen molar-refractivity contribution in [2.75, 3.05) is 6.61 Å². The number of nitrogens with zero attached hydrogens (tertiary/aromatic N) is 1. The lowest BCUT2D eigenvalue weighted by atomic mass is 9.85. The molecule has 0 radical (unpaired) electrons. The van der Waals surface area contributed by atoms with Gasteiger partial charge in [0.2, 0.25) is 0 Å². The van der Waals surface area contributed by atoms with Gasteiger partial charge in [-0.15, -0.1) is 0 Å². The van der Waals surface area contributed by atoms with Gasteiger partial charge >= 0.3 is 0 Å². The van der Waals surface area contributed by atoms with Crippen molar-refractivity contribution in [3.63, 3.8) is 0 Å². The molecule has 0 spiro atoms. The first-order valence-electron chi connectivity index (χ1n) is 6.33. The lowest BCUT2D eigenvalue weighted by molar-refractivity contribution is 0.186. The summed E-state index contributed by atoms with van der Waals surface area (Å²) >= 11 is 0. The van der Waals surface area contributed by atoms with E-state index in [0.717, 1.165) is 12.8 Å². The number of allylic oxidation sites excluding steroid dienone is 2. The van der Waals surface area contributed by atoms with Crippen LogP contribution in [0.4, 0.5) is 4.39 Å². The molecule has 3 nitrogen and oxygen atoms in total. The van der Waals surface area contributed by atoms with E-state index in [4.69, 9.17) is 10.5 Å². The van der Waals surface area contributed by atoms with Crippen LogP contribution in [-0.2, 0) is 6.54 Å². The summed E-state index contributed by atoms with van der Waals surface area (Å²) < 4.78 is 19.4. The van der Waals surface area contributed by atoms with E-state index in [1.807, 2.05) is 0 Å². The third kappa shape index (κ3) is 2.88. The van der Waals surface area contributed by atoms with Crippen LogP contribution in [0.5, 0.6) is 5.88 Å². The second-order valence-electron chi connectivity index (χ2n) is 4.78. The van der Waals surface area contributed by atoms with Crippen molar-refractivity contribution >= 4 is 0 Å². The predicted octanol–water partition coefficient (Wildman–Crippen LogP) is 2.66. The standard InChI is InChI=1S/C14H19FN2O/c1-10-4-2-3-5-12(10)9-18-14-13(15)11(8-16)6-7-17-14/h2-3,6-7,10,12H,4-5,8-9,16H2,1H3. The molecule has 0 fully saturated rings. The lowest BCUT2D eigenvalue weighted by Gasteiger charge is -2.25. The highest BCUT2D eigenvalue weighted by atomic mass is 19.1. The Morgan fingerprint density at radius 3 is 2.94 bits per heavy atom. The number of aromatic nitrogens is 1. The van der Waals surface area contributed by atoms with E-state index < -0.39 is 5.82 Å². The van der Waals surface area contributed by atoms with Crippen molar-refractivity contribution in [1.82, 2.24) is 4.98 Å². The fraction of sp³-hybridized carbons (Fsp3) is 0.500. The number of halogens is 1. The molecule has 4 heteroatoms. The second-order valence-corrected chi connectivity index (χ2v) is 4.78.